The van der Waals surface area contributed by atoms with Crippen LogP contribution in [0.2, 0.25) is 5.02 Å². The third-order valence-corrected chi connectivity index (χ3v) is 4.37. The average Bonchev–Trinajstić information content (AvgIpc) is 2.95. The van der Waals surface area contributed by atoms with Crippen molar-refractivity contribution >= 4 is 34.1 Å². The Morgan fingerprint density at radius 1 is 1.12 bits per heavy atom. The molecule has 0 radical (unpaired) electrons. The monoisotopic (exact) mass is 336 g/mol. The zero-order valence-electron chi connectivity index (χ0n) is 13.6. The molecule has 0 unspecified atom stereocenters. The molecule has 1 aromatic heterocycles. The maximum absolute atomic E-state index is 6.01. The highest BCUT2D eigenvalue weighted by Gasteiger charge is 2.22. The predicted octanol–water partition coefficient (Wildman–Crippen LogP) is 4.95. The summed E-state index contributed by atoms with van der Waals surface area (Å²) in [5.74, 6) is 0.975. The number of imidazole rings is 1. The van der Waals surface area contributed by atoms with Crippen LogP contribution in [0.25, 0.3) is 22.4 Å². The van der Waals surface area contributed by atoms with E-state index < -0.39 is 0 Å². The topological polar surface area (TPSA) is 42.5 Å². The molecule has 120 valence electrons. The molecule has 2 aromatic carbocycles. The van der Waals surface area contributed by atoms with Gasteiger partial charge in [-0.2, -0.15) is 10.2 Å². The molecule has 1 aliphatic heterocycles. The first-order valence-electron chi connectivity index (χ1n) is 7.97. The van der Waals surface area contributed by atoms with Gasteiger partial charge in [-0.15, -0.1) is 0 Å². The van der Waals surface area contributed by atoms with Crippen molar-refractivity contribution in [1.29, 1.82) is 0 Å². The van der Waals surface area contributed by atoms with Crippen LogP contribution in [0.4, 0.5) is 0 Å². The van der Waals surface area contributed by atoms with E-state index >= 15 is 0 Å². The Hall–Kier alpha value is -2.46. The number of rotatable bonds is 2. The van der Waals surface area contributed by atoms with Gasteiger partial charge >= 0.3 is 0 Å². The molecule has 0 fully saturated rings. The summed E-state index contributed by atoms with van der Waals surface area (Å²) < 4.78 is 2.27. The van der Waals surface area contributed by atoms with E-state index in [1.807, 2.05) is 50.2 Å². The van der Waals surface area contributed by atoms with Crippen LogP contribution in [0.15, 0.2) is 52.7 Å². The minimum absolute atomic E-state index is 0.733. The Bertz CT molecular complexity index is 977. The zero-order chi connectivity index (χ0) is 16.7. The summed E-state index contributed by atoms with van der Waals surface area (Å²) in [5, 5.41) is 9.42. The molecule has 5 heteroatoms. The second kappa shape index (κ2) is 5.87. The Kier molecular flexibility index (Phi) is 3.69. The van der Waals surface area contributed by atoms with Gasteiger partial charge in [-0.3, -0.25) is 0 Å². The van der Waals surface area contributed by atoms with Crippen molar-refractivity contribution in [1.82, 2.24) is 9.55 Å². The van der Waals surface area contributed by atoms with Gasteiger partial charge in [-0.05, 0) is 44.2 Å². The number of para-hydroxylation sites is 1. The number of benzene rings is 2. The molecule has 4 rings (SSSR count). The molecule has 0 atom stereocenters. The maximum atomic E-state index is 6.01. The quantitative estimate of drug-likeness (QED) is 0.482. The summed E-state index contributed by atoms with van der Waals surface area (Å²) in [6.45, 7) is 4.76. The molecule has 0 bridgehead atoms. The highest BCUT2D eigenvalue weighted by molar-refractivity contribution is 6.30. The summed E-state index contributed by atoms with van der Waals surface area (Å²) in [6, 6.07) is 14.0. The molecule has 0 saturated carbocycles. The van der Waals surface area contributed by atoms with Crippen molar-refractivity contribution in [3.05, 3.63) is 53.1 Å². The fourth-order valence-electron chi connectivity index (χ4n) is 3.07. The number of halogens is 1. The molecule has 3 aromatic rings. The molecule has 0 aliphatic carbocycles. The Labute approximate surface area is 145 Å². The first kappa shape index (κ1) is 15.1. The first-order valence-corrected chi connectivity index (χ1v) is 8.34. The standard InChI is InChI=1S/C19H17ClN4/c1-12(2)22-23-16-10-11-24-18-15(16)4-3-5-17(18)21-19(24)13-6-8-14(20)9-7-13/h3-9H,10-11H2,1-2H3. The van der Waals surface area contributed by atoms with E-state index in [1.165, 1.54) is 0 Å². The van der Waals surface area contributed by atoms with Gasteiger partial charge in [0.25, 0.3) is 0 Å². The van der Waals surface area contributed by atoms with E-state index in [0.29, 0.717) is 0 Å². The largest absolute Gasteiger partial charge is 0.323 e. The Balaban J connectivity index is 1.92. The van der Waals surface area contributed by atoms with Gasteiger partial charge in [0.05, 0.1) is 16.7 Å². The fraction of sp³-hybridized carbons (Fsp3) is 0.211. The van der Waals surface area contributed by atoms with Gasteiger partial charge in [0.2, 0.25) is 0 Å². The van der Waals surface area contributed by atoms with Crippen LogP contribution in [-0.4, -0.2) is 21.0 Å². The summed E-state index contributed by atoms with van der Waals surface area (Å²) in [6.07, 6.45) is 0.847. The molecule has 1 aliphatic rings. The van der Waals surface area contributed by atoms with Crippen molar-refractivity contribution in [2.45, 2.75) is 26.8 Å². The lowest BCUT2D eigenvalue weighted by Gasteiger charge is -2.18. The predicted molar refractivity (Wildman–Crippen MR) is 100 cm³/mol. The molecule has 2 heterocycles. The van der Waals surface area contributed by atoms with Gasteiger partial charge in [0.1, 0.15) is 5.82 Å². The smallest absolute Gasteiger partial charge is 0.141 e. The second-order valence-corrected chi connectivity index (χ2v) is 6.55. The van der Waals surface area contributed by atoms with E-state index in [2.05, 4.69) is 20.8 Å². The van der Waals surface area contributed by atoms with Gasteiger partial charge < -0.3 is 4.57 Å². The molecule has 0 spiro atoms. The third kappa shape index (κ3) is 2.53. The Morgan fingerprint density at radius 3 is 2.67 bits per heavy atom. The van der Waals surface area contributed by atoms with E-state index in [0.717, 1.165) is 57.4 Å². The van der Waals surface area contributed by atoms with Gasteiger partial charge in [-0.1, -0.05) is 23.7 Å². The van der Waals surface area contributed by atoms with Crippen LogP contribution in [0.3, 0.4) is 0 Å². The van der Waals surface area contributed by atoms with Crippen LogP contribution in [0, 0.1) is 0 Å². The highest BCUT2D eigenvalue weighted by Crippen LogP contribution is 2.32. The fourth-order valence-corrected chi connectivity index (χ4v) is 3.20. The third-order valence-electron chi connectivity index (χ3n) is 4.12. The maximum Gasteiger partial charge on any atom is 0.141 e. The lowest BCUT2D eigenvalue weighted by molar-refractivity contribution is 0.741. The van der Waals surface area contributed by atoms with Crippen LogP contribution in [0.1, 0.15) is 25.8 Å². The summed E-state index contributed by atoms with van der Waals surface area (Å²) >= 11 is 6.01. The molecular weight excluding hydrogens is 320 g/mol. The van der Waals surface area contributed by atoms with Crippen molar-refractivity contribution in [2.24, 2.45) is 10.2 Å². The minimum Gasteiger partial charge on any atom is -0.323 e. The van der Waals surface area contributed by atoms with E-state index in [9.17, 15) is 0 Å². The molecular formula is C19H17ClN4. The molecule has 0 saturated heterocycles. The van der Waals surface area contributed by atoms with Crippen molar-refractivity contribution in [2.75, 3.05) is 0 Å². The Morgan fingerprint density at radius 2 is 1.92 bits per heavy atom. The van der Waals surface area contributed by atoms with Gasteiger partial charge in [0.15, 0.2) is 0 Å². The summed E-state index contributed by atoms with van der Waals surface area (Å²) in [4.78, 5) is 4.84. The summed E-state index contributed by atoms with van der Waals surface area (Å²) in [5.41, 5.74) is 6.30. The molecule has 4 nitrogen and oxygen atoms in total. The zero-order valence-corrected chi connectivity index (χ0v) is 14.4. The van der Waals surface area contributed by atoms with E-state index in [-0.39, 0.29) is 0 Å². The van der Waals surface area contributed by atoms with E-state index in [1.54, 1.807) is 0 Å². The number of hydrogen-bond acceptors (Lipinski definition) is 3. The van der Waals surface area contributed by atoms with Crippen molar-refractivity contribution < 1.29 is 0 Å². The number of aryl methyl sites for hydroxylation is 1. The lowest BCUT2D eigenvalue weighted by atomic mass is 10.0. The van der Waals surface area contributed by atoms with Crippen LogP contribution in [0.5, 0.6) is 0 Å². The summed E-state index contributed by atoms with van der Waals surface area (Å²) in [7, 11) is 0. The van der Waals surface area contributed by atoms with Gasteiger partial charge in [0, 0.05) is 34.8 Å². The van der Waals surface area contributed by atoms with Gasteiger partial charge in [-0.25, -0.2) is 4.98 Å². The lowest BCUT2D eigenvalue weighted by Crippen LogP contribution is -2.15. The number of hydrogen-bond donors (Lipinski definition) is 0. The molecule has 0 amide bonds. The second-order valence-electron chi connectivity index (χ2n) is 6.11. The van der Waals surface area contributed by atoms with Crippen LogP contribution < -0.4 is 0 Å². The van der Waals surface area contributed by atoms with Crippen LogP contribution in [-0.2, 0) is 6.54 Å². The molecule has 0 N–H and O–H groups in total. The van der Waals surface area contributed by atoms with E-state index in [4.69, 9.17) is 16.6 Å². The first-order chi connectivity index (χ1) is 11.6. The van der Waals surface area contributed by atoms with Crippen molar-refractivity contribution in [3.63, 3.8) is 0 Å². The SMILES string of the molecule is CC(C)=NN=C1CCn2c(-c3ccc(Cl)cc3)nc3cccc1c32. The molecule has 24 heavy (non-hydrogen) atoms. The minimum atomic E-state index is 0.733. The average molecular weight is 337 g/mol. The highest BCUT2D eigenvalue weighted by atomic mass is 35.5. The van der Waals surface area contributed by atoms with Crippen molar-refractivity contribution in [3.8, 4) is 11.4 Å². The van der Waals surface area contributed by atoms with Crippen LogP contribution >= 0.6 is 11.6 Å². The normalized spacial score (nSPS) is 15.0. The number of aromatic nitrogens is 2. The number of nitrogens with zero attached hydrogens (tertiary/aromatic N) is 4.